The SMILES string of the molecule is Cc1cc(C)c[n+](CCCC#Cc2ccccc2C#CCCC[n+]2ccc(C)c(C)c2)c1. The lowest BCUT2D eigenvalue weighted by molar-refractivity contribution is -0.697. The smallest absolute Gasteiger partial charge is 0.171 e. The topological polar surface area (TPSA) is 7.76 Å². The maximum atomic E-state index is 3.34. The van der Waals surface area contributed by atoms with Crippen molar-refractivity contribution in [3.8, 4) is 23.7 Å². The van der Waals surface area contributed by atoms with Gasteiger partial charge in [0.05, 0.1) is 0 Å². The average Bonchev–Trinajstić information content (AvgIpc) is 2.76. The van der Waals surface area contributed by atoms with Crippen LogP contribution in [0.4, 0.5) is 0 Å². The minimum Gasteiger partial charge on any atom is -0.205 e. The van der Waals surface area contributed by atoms with Crippen molar-refractivity contribution in [2.24, 2.45) is 0 Å². The zero-order chi connectivity index (χ0) is 22.8. The summed E-state index contributed by atoms with van der Waals surface area (Å²) in [6, 6.07) is 12.6. The Kier molecular flexibility index (Phi) is 8.65. The molecule has 0 aliphatic heterocycles. The van der Waals surface area contributed by atoms with Gasteiger partial charge < -0.3 is 0 Å². The van der Waals surface area contributed by atoms with Crippen LogP contribution in [0.1, 0.15) is 59.1 Å². The Balaban J connectivity index is 1.50. The quantitative estimate of drug-likeness (QED) is 0.295. The van der Waals surface area contributed by atoms with Crippen LogP contribution in [0.5, 0.6) is 0 Å². The first-order valence-electron chi connectivity index (χ1n) is 11.5. The summed E-state index contributed by atoms with van der Waals surface area (Å²) in [7, 11) is 0. The van der Waals surface area contributed by atoms with Gasteiger partial charge >= 0.3 is 0 Å². The fraction of sp³-hybridized carbons (Fsp3) is 0.333. The van der Waals surface area contributed by atoms with E-state index in [1.54, 1.807) is 0 Å². The molecule has 32 heavy (non-hydrogen) atoms. The average molecular weight is 423 g/mol. The molecule has 0 bridgehead atoms. The lowest BCUT2D eigenvalue weighted by atomic mass is 10.1. The molecule has 2 heterocycles. The largest absolute Gasteiger partial charge is 0.205 e. The normalized spacial score (nSPS) is 10.1. The summed E-state index contributed by atoms with van der Waals surface area (Å²) in [5.41, 5.74) is 7.33. The second kappa shape index (κ2) is 11.9. The van der Waals surface area contributed by atoms with E-state index in [4.69, 9.17) is 0 Å². The molecule has 0 aliphatic carbocycles. The van der Waals surface area contributed by atoms with Crippen LogP contribution in [0.25, 0.3) is 0 Å². The number of hydrogen-bond acceptors (Lipinski definition) is 0. The van der Waals surface area contributed by atoms with E-state index in [0.717, 1.165) is 49.9 Å². The van der Waals surface area contributed by atoms with E-state index in [9.17, 15) is 0 Å². The van der Waals surface area contributed by atoms with Crippen molar-refractivity contribution in [2.45, 2.75) is 66.5 Å². The van der Waals surface area contributed by atoms with Gasteiger partial charge in [-0.1, -0.05) is 35.8 Å². The van der Waals surface area contributed by atoms with E-state index in [1.165, 1.54) is 22.3 Å². The van der Waals surface area contributed by atoms with Crippen molar-refractivity contribution in [2.75, 3.05) is 0 Å². The second-order valence-electron chi connectivity index (χ2n) is 8.53. The third kappa shape index (κ3) is 7.40. The van der Waals surface area contributed by atoms with E-state index < -0.39 is 0 Å². The molecule has 0 unspecified atom stereocenters. The number of benzene rings is 1. The number of hydrogen-bond donors (Lipinski definition) is 0. The van der Waals surface area contributed by atoms with Crippen LogP contribution in [-0.4, -0.2) is 0 Å². The first kappa shape index (κ1) is 23.3. The Bertz CT molecular complexity index is 1160. The zero-order valence-electron chi connectivity index (χ0n) is 19.9. The lowest BCUT2D eigenvalue weighted by Gasteiger charge is -1.99. The molecular weight excluding hydrogens is 388 g/mol. The van der Waals surface area contributed by atoms with Crippen LogP contribution in [-0.2, 0) is 13.1 Å². The number of aryl methyl sites for hydroxylation is 6. The highest BCUT2D eigenvalue weighted by molar-refractivity contribution is 5.49. The van der Waals surface area contributed by atoms with Crippen LogP contribution in [0.3, 0.4) is 0 Å². The molecule has 0 amide bonds. The van der Waals surface area contributed by atoms with Crippen LogP contribution in [0.2, 0.25) is 0 Å². The van der Waals surface area contributed by atoms with Crippen LogP contribution in [0.15, 0.2) is 61.2 Å². The first-order valence-corrected chi connectivity index (χ1v) is 11.5. The Hall–Kier alpha value is -3.36. The molecule has 2 heteroatoms. The van der Waals surface area contributed by atoms with Gasteiger partial charge in [-0.3, -0.25) is 0 Å². The van der Waals surface area contributed by atoms with Gasteiger partial charge in [-0.25, -0.2) is 9.13 Å². The standard InChI is InChI=1S/C30H34N2/c1-25-21-26(2)23-32(22-25)19-12-6-8-14-30-16-10-9-15-29(30)13-7-5-11-18-31-20-17-27(3)28(4)24-31/h9-10,15-17,20-24H,5-6,11-12,18-19H2,1-4H3/q+2. The molecule has 0 saturated carbocycles. The molecule has 2 nitrogen and oxygen atoms in total. The summed E-state index contributed by atoms with van der Waals surface area (Å²) < 4.78 is 4.52. The number of unbranched alkanes of at least 4 members (excludes halogenated alkanes) is 2. The predicted molar refractivity (Wildman–Crippen MR) is 131 cm³/mol. The van der Waals surface area contributed by atoms with Gasteiger partial charge in [-0.2, -0.15) is 0 Å². The molecule has 1 aromatic carbocycles. The minimum absolute atomic E-state index is 0.884. The fourth-order valence-corrected chi connectivity index (χ4v) is 3.71. The minimum atomic E-state index is 0.884. The molecule has 0 fully saturated rings. The molecule has 0 spiro atoms. The molecule has 0 radical (unpaired) electrons. The monoisotopic (exact) mass is 422 g/mol. The summed E-state index contributed by atoms with van der Waals surface area (Å²) in [4.78, 5) is 0. The lowest BCUT2D eigenvalue weighted by Crippen LogP contribution is -2.33. The maximum absolute atomic E-state index is 3.34. The highest BCUT2D eigenvalue weighted by Gasteiger charge is 2.03. The fourth-order valence-electron chi connectivity index (χ4n) is 3.71. The Morgan fingerprint density at radius 3 is 1.78 bits per heavy atom. The van der Waals surface area contributed by atoms with Crippen LogP contribution < -0.4 is 9.13 Å². The number of nitrogens with zero attached hydrogens (tertiary/aromatic N) is 2. The second-order valence-corrected chi connectivity index (χ2v) is 8.53. The van der Waals surface area contributed by atoms with Gasteiger partial charge in [0.25, 0.3) is 0 Å². The Morgan fingerprint density at radius 1 is 0.656 bits per heavy atom. The van der Waals surface area contributed by atoms with Crippen molar-refractivity contribution in [1.82, 2.24) is 0 Å². The van der Waals surface area contributed by atoms with Gasteiger partial charge in [-0.05, 0) is 51.5 Å². The van der Waals surface area contributed by atoms with E-state index in [2.05, 4.69) is 110 Å². The third-order valence-electron chi connectivity index (χ3n) is 5.50. The highest BCUT2D eigenvalue weighted by Crippen LogP contribution is 2.06. The molecule has 0 N–H and O–H groups in total. The van der Waals surface area contributed by atoms with Crippen LogP contribution in [0, 0.1) is 51.4 Å². The summed E-state index contributed by atoms with van der Waals surface area (Å²) >= 11 is 0. The van der Waals surface area contributed by atoms with Gasteiger partial charge in [0.2, 0.25) is 0 Å². The Labute approximate surface area is 194 Å². The predicted octanol–water partition coefficient (Wildman–Crippen LogP) is 5.16. The molecule has 0 aliphatic rings. The van der Waals surface area contributed by atoms with Crippen molar-refractivity contribution in [1.29, 1.82) is 0 Å². The summed E-state index contributed by atoms with van der Waals surface area (Å²) in [5, 5.41) is 0. The summed E-state index contributed by atoms with van der Waals surface area (Å²) in [6.07, 6.45) is 12.6. The van der Waals surface area contributed by atoms with Gasteiger partial charge in [0.15, 0.2) is 24.8 Å². The number of rotatable bonds is 6. The van der Waals surface area contributed by atoms with Crippen molar-refractivity contribution in [3.63, 3.8) is 0 Å². The highest BCUT2D eigenvalue weighted by atomic mass is 14.9. The van der Waals surface area contributed by atoms with Crippen LogP contribution >= 0.6 is 0 Å². The molecular formula is C30H34N2+2. The van der Waals surface area contributed by atoms with E-state index in [0.29, 0.717) is 0 Å². The van der Waals surface area contributed by atoms with Crippen molar-refractivity contribution in [3.05, 3.63) is 94.6 Å². The zero-order valence-corrected chi connectivity index (χ0v) is 19.9. The van der Waals surface area contributed by atoms with E-state index in [1.807, 2.05) is 12.1 Å². The number of pyridine rings is 2. The molecule has 2 aromatic heterocycles. The molecule has 162 valence electrons. The van der Waals surface area contributed by atoms with E-state index >= 15 is 0 Å². The Morgan fingerprint density at radius 2 is 1.22 bits per heavy atom. The van der Waals surface area contributed by atoms with Crippen molar-refractivity contribution < 1.29 is 9.13 Å². The maximum Gasteiger partial charge on any atom is 0.171 e. The van der Waals surface area contributed by atoms with Crippen molar-refractivity contribution >= 4 is 0 Å². The molecule has 0 saturated heterocycles. The summed E-state index contributed by atoms with van der Waals surface area (Å²) in [6.45, 7) is 10.6. The van der Waals surface area contributed by atoms with Gasteiger partial charge in [-0.15, -0.1) is 0 Å². The molecule has 3 aromatic rings. The summed E-state index contributed by atoms with van der Waals surface area (Å²) in [5.74, 6) is 13.3. The van der Waals surface area contributed by atoms with E-state index in [-0.39, 0.29) is 0 Å². The first-order chi connectivity index (χ1) is 15.5. The molecule has 0 atom stereocenters. The third-order valence-corrected chi connectivity index (χ3v) is 5.50. The van der Waals surface area contributed by atoms with Gasteiger partial charge in [0.1, 0.15) is 13.1 Å². The van der Waals surface area contributed by atoms with Gasteiger partial charge in [0, 0.05) is 59.6 Å². The number of aromatic nitrogens is 2. The molecule has 3 rings (SSSR count).